The van der Waals surface area contributed by atoms with Crippen LogP contribution in [0, 0.1) is 19.7 Å². The number of rotatable bonds is 9. The van der Waals surface area contributed by atoms with Crippen molar-refractivity contribution in [1.29, 1.82) is 0 Å². The molecule has 0 spiro atoms. The summed E-state index contributed by atoms with van der Waals surface area (Å²) in [4.78, 5) is 31.5. The van der Waals surface area contributed by atoms with Crippen molar-refractivity contribution in [3.63, 3.8) is 0 Å². The Kier molecular flexibility index (Phi) is 8.38. The number of benzene rings is 2. The number of urea groups is 1. The average molecular weight is 466 g/mol. The Hall–Kier alpha value is -3.45. The first-order valence-corrected chi connectivity index (χ1v) is 11.5. The van der Waals surface area contributed by atoms with Crippen LogP contribution in [0.4, 0.5) is 14.9 Å². The Bertz CT molecular complexity index is 1090. The molecule has 0 bridgehead atoms. The van der Waals surface area contributed by atoms with E-state index in [0.717, 1.165) is 20.9 Å². The van der Waals surface area contributed by atoms with E-state index >= 15 is 0 Å². The molecule has 0 saturated carbocycles. The monoisotopic (exact) mass is 465 g/mol. The first-order valence-electron chi connectivity index (χ1n) is 10.6. The number of aryl methyl sites for hydroxylation is 2. The van der Waals surface area contributed by atoms with E-state index in [2.05, 4.69) is 11.9 Å². The summed E-state index contributed by atoms with van der Waals surface area (Å²) in [7, 11) is 0. The summed E-state index contributed by atoms with van der Waals surface area (Å²) in [6, 6.07) is 17.2. The zero-order chi connectivity index (χ0) is 23.8. The van der Waals surface area contributed by atoms with Gasteiger partial charge in [0.2, 0.25) is 5.91 Å². The molecule has 33 heavy (non-hydrogen) atoms. The van der Waals surface area contributed by atoms with E-state index in [4.69, 9.17) is 0 Å². The summed E-state index contributed by atoms with van der Waals surface area (Å²) in [5.74, 6) is -0.526. The normalized spacial score (nSPS) is 10.5. The largest absolute Gasteiger partial charge is 0.332 e. The fraction of sp³-hybridized carbons (Fsp3) is 0.231. The molecule has 0 atom stereocenters. The SMILES string of the molecule is C=CCN(CC(=O)N(Cc1ccc(F)cc1)Cc1ccc(C)s1)C(=O)Nc1ccc(C)cc1. The van der Waals surface area contributed by atoms with Gasteiger partial charge in [-0.2, -0.15) is 0 Å². The molecule has 5 nitrogen and oxygen atoms in total. The van der Waals surface area contributed by atoms with Crippen LogP contribution in [-0.2, 0) is 17.9 Å². The third kappa shape index (κ3) is 7.29. The third-order valence-corrected chi connectivity index (χ3v) is 6.03. The van der Waals surface area contributed by atoms with Crippen LogP contribution in [0.2, 0.25) is 0 Å². The van der Waals surface area contributed by atoms with Crippen LogP contribution in [0.1, 0.15) is 20.9 Å². The Morgan fingerprint density at radius 3 is 2.27 bits per heavy atom. The summed E-state index contributed by atoms with van der Waals surface area (Å²) in [6.45, 7) is 8.56. The van der Waals surface area contributed by atoms with E-state index in [1.54, 1.807) is 34.4 Å². The van der Waals surface area contributed by atoms with Gasteiger partial charge in [-0.1, -0.05) is 35.9 Å². The fourth-order valence-corrected chi connectivity index (χ4v) is 4.18. The van der Waals surface area contributed by atoms with Crippen molar-refractivity contribution in [3.05, 3.63) is 100 Å². The molecule has 1 N–H and O–H groups in total. The lowest BCUT2D eigenvalue weighted by molar-refractivity contribution is -0.132. The Labute approximate surface area is 198 Å². The van der Waals surface area contributed by atoms with Crippen molar-refractivity contribution in [3.8, 4) is 0 Å². The first kappa shape index (κ1) is 24.2. The lowest BCUT2D eigenvalue weighted by Gasteiger charge is -2.27. The number of halogens is 1. The number of hydrogen-bond acceptors (Lipinski definition) is 3. The molecule has 3 amide bonds. The highest BCUT2D eigenvalue weighted by Crippen LogP contribution is 2.19. The molecular formula is C26H28FN3O2S. The van der Waals surface area contributed by atoms with Gasteiger partial charge in [0, 0.05) is 28.5 Å². The lowest BCUT2D eigenvalue weighted by Crippen LogP contribution is -2.44. The van der Waals surface area contributed by atoms with Crippen molar-refractivity contribution in [2.24, 2.45) is 0 Å². The quantitative estimate of drug-likeness (QED) is 0.409. The molecule has 0 fully saturated rings. The lowest BCUT2D eigenvalue weighted by atomic mass is 10.2. The molecule has 0 radical (unpaired) electrons. The van der Waals surface area contributed by atoms with Gasteiger partial charge in [-0.05, 0) is 55.8 Å². The molecule has 3 aromatic rings. The van der Waals surface area contributed by atoms with Crippen LogP contribution in [0.5, 0.6) is 0 Å². The van der Waals surface area contributed by atoms with Gasteiger partial charge in [-0.25, -0.2) is 9.18 Å². The first-order chi connectivity index (χ1) is 15.8. The predicted octanol–water partition coefficient (Wildman–Crippen LogP) is 5.75. The maximum atomic E-state index is 13.3. The van der Waals surface area contributed by atoms with E-state index in [-0.39, 0.29) is 30.8 Å². The Morgan fingerprint density at radius 1 is 0.970 bits per heavy atom. The number of nitrogens with one attached hydrogen (secondary N) is 1. The maximum absolute atomic E-state index is 13.3. The summed E-state index contributed by atoms with van der Waals surface area (Å²) < 4.78 is 13.3. The van der Waals surface area contributed by atoms with Crippen LogP contribution < -0.4 is 5.32 Å². The molecule has 172 valence electrons. The second kappa shape index (κ2) is 11.4. The molecule has 1 aromatic heterocycles. The molecule has 3 rings (SSSR count). The van der Waals surface area contributed by atoms with E-state index in [9.17, 15) is 14.0 Å². The highest BCUT2D eigenvalue weighted by atomic mass is 32.1. The molecule has 0 aliphatic carbocycles. The number of carbonyl (C=O) groups is 2. The van der Waals surface area contributed by atoms with Crippen LogP contribution in [0.25, 0.3) is 0 Å². The van der Waals surface area contributed by atoms with Crippen LogP contribution in [0.3, 0.4) is 0 Å². The fourth-order valence-electron chi connectivity index (χ4n) is 3.28. The zero-order valence-corrected chi connectivity index (χ0v) is 19.7. The molecule has 0 saturated heterocycles. The molecule has 0 aliphatic rings. The number of carbonyl (C=O) groups excluding carboxylic acids is 2. The number of thiophene rings is 1. The molecular weight excluding hydrogens is 437 g/mol. The van der Waals surface area contributed by atoms with Gasteiger partial charge in [-0.3, -0.25) is 4.79 Å². The predicted molar refractivity (Wildman–Crippen MR) is 132 cm³/mol. The minimum Gasteiger partial charge on any atom is -0.332 e. The van der Waals surface area contributed by atoms with E-state index in [0.29, 0.717) is 18.8 Å². The average Bonchev–Trinajstić information content (AvgIpc) is 3.20. The van der Waals surface area contributed by atoms with Gasteiger partial charge in [0.15, 0.2) is 0 Å². The zero-order valence-electron chi connectivity index (χ0n) is 18.9. The highest BCUT2D eigenvalue weighted by Gasteiger charge is 2.22. The van der Waals surface area contributed by atoms with E-state index < -0.39 is 0 Å². The minimum atomic E-state index is -0.374. The van der Waals surface area contributed by atoms with Gasteiger partial charge in [0.25, 0.3) is 0 Å². The van der Waals surface area contributed by atoms with E-state index in [1.807, 2.05) is 50.2 Å². The topological polar surface area (TPSA) is 52.7 Å². The second-order valence-corrected chi connectivity index (χ2v) is 9.23. The molecule has 0 unspecified atom stereocenters. The van der Waals surface area contributed by atoms with Crippen LogP contribution in [0.15, 0.2) is 73.3 Å². The van der Waals surface area contributed by atoms with Gasteiger partial charge in [0.1, 0.15) is 12.4 Å². The number of hydrogen-bond donors (Lipinski definition) is 1. The molecule has 2 aromatic carbocycles. The minimum absolute atomic E-state index is 0.102. The summed E-state index contributed by atoms with van der Waals surface area (Å²) in [6.07, 6.45) is 1.59. The third-order valence-electron chi connectivity index (χ3n) is 5.05. The van der Waals surface area contributed by atoms with Crippen LogP contribution >= 0.6 is 11.3 Å². The number of anilines is 1. The van der Waals surface area contributed by atoms with Crippen LogP contribution in [-0.4, -0.2) is 34.8 Å². The summed E-state index contributed by atoms with van der Waals surface area (Å²) >= 11 is 1.62. The number of amides is 3. The summed E-state index contributed by atoms with van der Waals surface area (Å²) in [5.41, 5.74) is 2.56. The van der Waals surface area contributed by atoms with Gasteiger partial charge >= 0.3 is 6.03 Å². The standard InChI is InChI=1S/C26H28FN3O2S/c1-4-15-29(26(32)28-23-12-5-19(2)6-13-23)18-25(31)30(17-24-14-7-20(3)33-24)16-21-8-10-22(27)11-9-21/h4-14H,1,15-18H2,2-3H3,(H,28,32). The second-order valence-electron chi connectivity index (χ2n) is 7.85. The molecule has 1 heterocycles. The Morgan fingerprint density at radius 2 is 1.67 bits per heavy atom. The highest BCUT2D eigenvalue weighted by molar-refractivity contribution is 7.11. The van der Waals surface area contributed by atoms with Crippen molar-refractivity contribution < 1.29 is 14.0 Å². The van der Waals surface area contributed by atoms with Crippen molar-refractivity contribution in [2.45, 2.75) is 26.9 Å². The van der Waals surface area contributed by atoms with Crippen molar-refractivity contribution >= 4 is 29.0 Å². The maximum Gasteiger partial charge on any atom is 0.322 e. The molecule has 0 aliphatic heterocycles. The smallest absolute Gasteiger partial charge is 0.322 e. The van der Waals surface area contributed by atoms with Gasteiger partial charge < -0.3 is 15.1 Å². The van der Waals surface area contributed by atoms with Gasteiger partial charge in [-0.15, -0.1) is 17.9 Å². The van der Waals surface area contributed by atoms with Crippen molar-refractivity contribution in [1.82, 2.24) is 9.80 Å². The Balaban J connectivity index is 1.74. The van der Waals surface area contributed by atoms with Crippen molar-refractivity contribution in [2.75, 3.05) is 18.4 Å². The van der Waals surface area contributed by atoms with Gasteiger partial charge in [0.05, 0.1) is 6.54 Å². The summed E-state index contributed by atoms with van der Waals surface area (Å²) in [5, 5.41) is 2.84. The number of nitrogens with zero attached hydrogens (tertiary/aromatic N) is 2. The van der Waals surface area contributed by atoms with E-state index in [1.165, 1.54) is 17.0 Å². The molecule has 7 heteroatoms.